The van der Waals surface area contributed by atoms with Crippen molar-refractivity contribution in [1.82, 2.24) is 20.2 Å². The molecular formula is C42H54N4O5. The van der Waals surface area contributed by atoms with Crippen molar-refractivity contribution >= 4 is 39.4 Å². The van der Waals surface area contributed by atoms with Crippen LogP contribution in [0.4, 0.5) is 0 Å². The lowest BCUT2D eigenvalue weighted by atomic mass is 9.93. The minimum atomic E-state index is -0.391. The highest BCUT2D eigenvalue weighted by atomic mass is 16.5. The number of ketones is 1. The zero-order valence-corrected chi connectivity index (χ0v) is 31.4. The van der Waals surface area contributed by atoms with Gasteiger partial charge in [-0.15, -0.1) is 0 Å². The number of pyridine rings is 1. The molecule has 4 aromatic rings. The molecule has 0 fully saturated rings. The van der Waals surface area contributed by atoms with E-state index in [9.17, 15) is 14.4 Å². The highest BCUT2D eigenvalue weighted by Gasteiger charge is 2.41. The highest BCUT2D eigenvalue weighted by molar-refractivity contribution is 6.22. The molecule has 2 aromatic carbocycles. The van der Waals surface area contributed by atoms with Gasteiger partial charge in [0.25, 0.3) is 11.8 Å². The zero-order valence-electron chi connectivity index (χ0n) is 31.4. The van der Waals surface area contributed by atoms with Crippen LogP contribution in [0.1, 0.15) is 100 Å². The van der Waals surface area contributed by atoms with E-state index < -0.39 is 6.04 Å². The number of benzene rings is 2. The van der Waals surface area contributed by atoms with E-state index in [4.69, 9.17) is 9.47 Å². The number of allylic oxidation sites excluding steroid dienone is 1. The Morgan fingerprint density at radius 3 is 2.49 bits per heavy atom. The van der Waals surface area contributed by atoms with Gasteiger partial charge in [0.1, 0.15) is 11.5 Å². The molecule has 1 aliphatic rings. The number of carbonyl (C=O) groups is 3. The summed E-state index contributed by atoms with van der Waals surface area (Å²) in [6.07, 6.45) is 6.99. The molecule has 272 valence electrons. The maximum absolute atomic E-state index is 13.5. The van der Waals surface area contributed by atoms with Crippen molar-refractivity contribution in [1.29, 1.82) is 0 Å². The van der Waals surface area contributed by atoms with E-state index in [0.717, 1.165) is 47.9 Å². The van der Waals surface area contributed by atoms with Crippen LogP contribution in [0.25, 0.3) is 21.8 Å². The summed E-state index contributed by atoms with van der Waals surface area (Å²) >= 11 is 0. The summed E-state index contributed by atoms with van der Waals surface area (Å²) in [7, 11) is 0. The normalized spacial score (nSPS) is 14.6. The molecule has 5 rings (SSSR count). The third kappa shape index (κ3) is 9.06. The fourth-order valence-corrected chi connectivity index (χ4v) is 6.41. The van der Waals surface area contributed by atoms with E-state index in [1.165, 1.54) is 15.8 Å². The van der Waals surface area contributed by atoms with Crippen LogP contribution in [0.15, 0.2) is 67.1 Å². The van der Waals surface area contributed by atoms with Crippen LogP contribution in [0.5, 0.6) is 5.75 Å². The van der Waals surface area contributed by atoms with Crippen molar-refractivity contribution in [2.24, 2.45) is 16.7 Å². The Kier molecular flexibility index (Phi) is 11.7. The number of rotatable bonds is 19. The molecule has 2 aromatic heterocycles. The second-order valence-electron chi connectivity index (χ2n) is 15.8. The maximum Gasteiger partial charge on any atom is 0.265 e. The van der Waals surface area contributed by atoms with Crippen LogP contribution in [0.3, 0.4) is 0 Å². The van der Waals surface area contributed by atoms with E-state index in [0.29, 0.717) is 49.5 Å². The van der Waals surface area contributed by atoms with Crippen LogP contribution >= 0.6 is 0 Å². The van der Waals surface area contributed by atoms with Crippen LogP contribution in [-0.2, 0) is 16.0 Å². The van der Waals surface area contributed by atoms with Gasteiger partial charge in [-0.25, -0.2) is 0 Å². The highest BCUT2D eigenvalue weighted by Crippen LogP contribution is 2.34. The van der Waals surface area contributed by atoms with Gasteiger partial charge in [-0.2, -0.15) is 0 Å². The molecule has 2 amide bonds. The molecule has 3 heterocycles. The van der Waals surface area contributed by atoms with Crippen molar-refractivity contribution in [2.75, 3.05) is 26.4 Å². The molecule has 9 heteroatoms. The fourth-order valence-electron chi connectivity index (χ4n) is 6.41. The Morgan fingerprint density at radius 2 is 1.73 bits per heavy atom. The largest absolute Gasteiger partial charge is 0.492 e. The second kappa shape index (κ2) is 15.8. The number of hydrogen-bond acceptors (Lipinski definition) is 7. The summed E-state index contributed by atoms with van der Waals surface area (Å²) in [4.78, 5) is 48.2. The van der Waals surface area contributed by atoms with Crippen molar-refractivity contribution < 1.29 is 23.9 Å². The summed E-state index contributed by atoms with van der Waals surface area (Å²) in [6, 6.07) is 13.3. The van der Waals surface area contributed by atoms with Gasteiger partial charge in [0.2, 0.25) is 0 Å². The smallest absolute Gasteiger partial charge is 0.265 e. The van der Waals surface area contributed by atoms with Crippen LogP contribution < -0.4 is 10.1 Å². The first-order chi connectivity index (χ1) is 24.2. The third-order valence-electron chi connectivity index (χ3n) is 9.92. The van der Waals surface area contributed by atoms with E-state index in [1.807, 2.05) is 33.0 Å². The second-order valence-corrected chi connectivity index (χ2v) is 15.8. The van der Waals surface area contributed by atoms with Gasteiger partial charge in [-0.3, -0.25) is 24.3 Å². The Bertz CT molecular complexity index is 1910. The number of aromatic nitrogens is 2. The number of imide groups is 1. The van der Waals surface area contributed by atoms with E-state index in [2.05, 4.69) is 67.8 Å². The molecule has 0 bridgehead atoms. The molecule has 0 spiro atoms. The van der Waals surface area contributed by atoms with E-state index >= 15 is 0 Å². The van der Waals surface area contributed by atoms with Gasteiger partial charge in [0.05, 0.1) is 30.9 Å². The fraction of sp³-hybridized carbons (Fsp3) is 0.476. The van der Waals surface area contributed by atoms with Crippen LogP contribution in [-0.4, -0.2) is 64.9 Å². The lowest BCUT2D eigenvalue weighted by molar-refractivity contribution is -0.122. The number of H-pyrrole nitrogens is 1. The van der Waals surface area contributed by atoms with Gasteiger partial charge in [0.15, 0.2) is 0 Å². The number of nitrogens with one attached hydrogen (secondary N) is 2. The number of Topliss-reactive ketones (excluding diaryl/α,β-unsaturated/α-hetero) is 1. The SMILES string of the molecule is C=C(CCc1ccc2c(c1)[nH]c1ccncc12)NCC(C)(C)COCC(C)(C)COc1cccc2c1C(=O)N(C(C)CCC(=O)C(C)CC)C2=O. The Hall–Kier alpha value is -4.50. The number of ether oxygens (including phenoxy) is 2. The minimum Gasteiger partial charge on any atom is -0.492 e. The standard InChI is InChI=1S/C42H54N4O5/c1-9-27(2)36(47)18-14-29(4)46-39(48)32-11-10-12-37(38(32)40(46)49)51-26-42(7,8)25-50-24-41(5,6)23-44-28(3)13-15-30-16-17-31-33-22-43-20-19-34(33)45-35(31)21-30/h10-12,16-17,19-22,27,29,44-45H,3,9,13-15,18,23-26H2,1-2,4-8H3. The van der Waals surface area contributed by atoms with Crippen molar-refractivity contribution in [3.63, 3.8) is 0 Å². The van der Waals surface area contributed by atoms with Crippen LogP contribution in [0.2, 0.25) is 0 Å². The van der Waals surface area contributed by atoms with E-state index in [-0.39, 0.29) is 34.3 Å². The number of fused-ring (bicyclic) bond motifs is 4. The van der Waals surface area contributed by atoms with Gasteiger partial charge >= 0.3 is 0 Å². The van der Waals surface area contributed by atoms with Crippen molar-refractivity contribution in [2.45, 2.75) is 86.6 Å². The number of carbonyl (C=O) groups excluding carboxylic acids is 3. The zero-order chi connectivity index (χ0) is 36.9. The number of amides is 2. The number of nitrogens with zero attached hydrogens (tertiary/aromatic N) is 2. The molecule has 0 aliphatic carbocycles. The molecule has 0 saturated carbocycles. The average molecular weight is 695 g/mol. The molecule has 2 unspecified atom stereocenters. The van der Waals surface area contributed by atoms with Crippen molar-refractivity contribution in [3.8, 4) is 5.75 Å². The lowest BCUT2D eigenvalue weighted by Gasteiger charge is -2.30. The predicted octanol–water partition coefficient (Wildman–Crippen LogP) is 8.28. The maximum atomic E-state index is 13.5. The summed E-state index contributed by atoms with van der Waals surface area (Å²) in [6.45, 7) is 20.5. The number of hydrogen-bond donors (Lipinski definition) is 2. The Balaban J connectivity index is 1.06. The summed E-state index contributed by atoms with van der Waals surface area (Å²) in [5.74, 6) is -0.181. The van der Waals surface area contributed by atoms with Crippen LogP contribution in [0, 0.1) is 16.7 Å². The quantitative estimate of drug-likeness (QED) is 0.0950. The summed E-state index contributed by atoms with van der Waals surface area (Å²) in [5.41, 5.74) is 4.61. The lowest BCUT2D eigenvalue weighted by Crippen LogP contribution is -2.38. The first-order valence-corrected chi connectivity index (χ1v) is 18.2. The molecule has 2 N–H and O–H groups in total. The molecule has 51 heavy (non-hydrogen) atoms. The molecular weight excluding hydrogens is 640 g/mol. The topological polar surface area (TPSA) is 114 Å². The van der Waals surface area contributed by atoms with Gasteiger partial charge in [-0.1, -0.05) is 66.3 Å². The van der Waals surface area contributed by atoms with E-state index in [1.54, 1.807) is 24.4 Å². The Morgan fingerprint density at radius 1 is 0.961 bits per heavy atom. The summed E-state index contributed by atoms with van der Waals surface area (Å²) in [5, 5.41) is 5.84. The first-order valence-electron chi connectivity index (χ1n) is 18.2. The van der Waals surface area contributed by atoms with Gasteiger partial charge in [0, 0.05) is 75.7 Å². The van der Waals surface area contributed by atoms with Gasteiger partial charge in [-0.05, 0) is 62.4 Å². The molecule has 0 saturated heterocycles. The summed E-state index contributed by atoms with van der Waals surface area (Å²) < 4.78 is 12.4. The molecule has 2 atom stereocenters. The number of aryl methyl sites for hydroxylation is 1. The Labute approximate surface area is 302 Å². The minimum absolute atomic E-state index is 0.0254. The average Bonchev–Trinajstić information content (AvgIpc) is 3.60. The predicted molar refractivity (Wildman–Crippen MR) is 203 cm³/mol. The monoisotopic (exact) mass is 694 g/mol. The number of aromatic amines is 1. The van der Waals surface area contributed by atoms with Crippen molar-refractivity contribution in [3.05, 3.63) is 83.8 Å². The molecule has 9 nitrogen and oxygen atoms in total. The molecule has 0 radical (unpaired) electrons. The first kappa shape index (κ1) is 37.7. The van der Waals surface area contributed by atoms with Gasteiger partial charge < -0.3 is 19.8 Å². The third-order valence-corrected chi connectivity index (χ3v) is 9.92. The molecule has 1 aliphatic heterocycles.